The molecule has 0 N–H and O–H groups in total. The lowest BCUT2D eigenvalue weighted by molar-refractivity contribution is 0.104. The smallest absolute Gasteiger partial charge is 0.214 e. The molecule has 0 saturated heterocycles. The van der Waals surface area contributed by atoms with Crippen molar-refractivity contribution in [2.75, 3.05) is 0 Å². The fourth-order valence-electron chi connectivity index (χ4n) is 1.27. The van der Waals surface area contributed by atoms with Crippen LogP contribution in [0.5, 0.6) is 0 Å². The molecule has 0 atom stereocenters. The van der Waals surface area contributed by atoms with Gasteiger partial charge in [-0.1, -0.05) is 11.6 Å². The van der Waals surface area contributed by atoms with E-state index in [9.17, 15) is 4.79 Å². The van der Waals surface area contributed by atoms with Crippen molar-refractivity contribution in [3.8, 4) is 0 Å². The number of halogens is 2. The third-order valence-electron chi connectivity index (χ3n) is 2.19. The minimum Gasteiger partial charge on any atom is -0.287 e. The Morgan fingerprint density at radius 1 is 1.44 bits per heavy atom. The number of aryl methyl sites for hydroxylation is 2. The Morgan fingerprint density at radius 3 is 2.56 bits per heavy atom. The highest BCUT2D eigenvalue weighted by Gasteiger charge is 2.19. The van der Waals surface area contributed by atoms with E-state index in [1.165, 1.54) is 22.7 Å². The van der Waals surface area contributed by atoms with E-state index in [-0.39, 0.29) is 5.78 Å². The van der Waals surface area contributed by atoms with Gasteiger partial charge in [0.05, 0.1) is 14.8 Å². The summed E-state index contributed by atoms with van der Waals surface area (Å²) in [6, 6.07) is 1.85. The normalized spacial score (nSPS) is 10.8. The second kappa shape index (κ2) is 4.61. The van der Waals surface area contributed by atoms with Crippen LogP contribution in [0.25, 0.3) is 0 Å². The van der Waals surface area contributed by atoms with Crippen molar-refractivity contribution in [3.63, 3.8) is 0 Å². The molecule has 0 aliphatic carbocycles. The Hall–Kier alpha value is -0.160. The first-order chi connectivity index (χ1) is 7.50. The van der Waals surface area contributed by atoms with Crippen LogP contribution in [0, 0.1) is 13.8 Å². The monoisotopic (exact) mass is 334 g/mol. The van der Waals surface area contributed by atoms with Crippen LogP contribution in [-0.2, 0) is 0 Å². The third kappa shape index (κ3) is 2.12. The zero-order valence-corrected chi connectivity index (χ0v) is 12.6. The highest BCUT2D eigenvalue weighted by Crippen LogP contribution is 2.33. The molecule has 0 spiro atoms. The van der Waals surface area contributed by atoms with Gasteiger partial charge in [0.25, 0.3) is 0 Å². The molecule has 0 amide bonds. The Bertz CT molecular complexity index is 537. The van der Waals surface area contributed by atoms with Gasteiger partial charge >= 0.3 is 0 Å². The van der Waals surface area contributed by atoms with E-state index in [0.717, 1.165) is 19.8 Å². The van der Waals surface area contributed by atoms with Crippen LogP contribution in [0.15, 0.2) is 15.9 Å². The van der Waals surface area contributed by atoms with Crippen LogP contribution in [0.2, 0.25) is 5.02 Å². The number of hydrogen-bond acceptors (Lipinski definition) is 3. The number of ketones is 1. The van der Waals surface area contributed by atoms with E-state index in [2.05, 4.69) is 15.9 Å². The molecule has 2 rings (SSSR count). The Morgan fingerprint density at radius 2 is 2.12 bits per heavy atom. The van der Waals surface area contributed by atoms with Gasteiger partial charge in [-0.25, -0.2) is 0 Å². The lowest BCUT2D eigenvalue weighted by Crippen LogP contribution is -1.95. The standard InChI is InChI=1S/C11H8BrClOS2/c1-5-4-15-11(9(5)13)10(14)8-3-7(12)6(2)16-8/h3-4H,1-2H3. The lowest BCUT2D eigenvalue weighted by atomic mass is 10.2. The van der Waals surface area contributed by atoms with E-state index in [1.807, 2.05) is 25.3 Å². The molecule has 0 saturated carbocycles. The number of carbonyl (C=O) groups excluding carboxylic acids is 1. The SMILES string of the molecule is Cc1csc(C(=O)c2cc(Br)c(C)s2)c1Cl. The Balaban J connectivity index is 2.43. The van der Waals surface area contributed by atoms with E-state index in [1.54, 1.807) is 0 Å². The van der Waals surface area contributed by atoms with Crippen LogP contribution in [0.1, 0.15) is 25.0 Å². The van der Waals surface area contributed by atoms with Crippen molar-refractivity contribution in [1.29, 1.82) is 0 Å². The molecule has 0 unspecified atom stereocenters. The van der Waals surface area contributed by atoms with Gasteiger partial charge in [-0.2, -0.15) is 0 Å². The van der Waals surface area contributed by atoms with Crippen LogP contribution in [-0.4, -0.2) is 5.78 Å². The van der Waals surface area contributed by atoms with E-state index in [0.29, 0.717) is 9.90 Å². The van der Waals surface area contributed by atoms with Gasteiger partial charge in [0.2, 0.25) is 5.78 Å². The Kier molecular flexibility index (Phi) is 3.54. The summed E-state index contributed by atoms with van der Waals surface area (Å²) in [5.74, 6) is 0.0156. The molecule has 2 aromatic rings. The molecule has 16 heavy (non-hydrogen) atoms. The van der Waals surface area contributed by atoms with Crippen LogP contribution in [0.4, 0.5) is 0 Å². The van der Waals surface area contributed by atoms with Gasteiger partial charge in [0.1, 0.15) is 0 Å². The molecule has 84 valence electrons. The summed E-state index contributed by atoms with van der Waals surface area (Å²) in [7, 11) is 0. The number of thiophene rings is 2. The molecule has 5 heteroatoms. The molecular formula is C11H8BrClOS2. The largest absolute Gasteiger partial charge is 0.287 e. The summed E-state index contributed by atoms with van der Waals surface area (Å²) >= 11 is 12.4. The van der Waals surface area contributed by atoms with Crippen molar-refractivity contribution < 1.29 is 4.79 Å². The van der Waals surface area contributed by atoms with Crippen molar-refractivity contribution in [2.24, 2.45) is 0 Å². The molecule has 0 aliphatic heterocycles. The molecule has 0 radical (unpaired) electrons. The molecule has 2 aromatic heterocycles. The highest BCUT2D eigenvalue weighted by molar-refractivity contribution is 9.10. The van der Waals surface area contributed by atoms with Crippen LogP contribution in [0.3, 0.4) is 0 Å². The first kappa shape index (κ1) is 12.3. The summed E-state index contributed by atoms with van der Waals surface area (Å²) in [6.07, 6.45) is 0. The molecule has 0 bridgehead atoms. The molecule has 2 heterocycles. The maximum Gasteiger partial charge on any atom is 0.214 e. The molecular weight excluding hydrogens is 328 g/mol. The molecule has 1 nitrogen and oxygen atoms in total. The minimum absolute atomic E-state index is 0.0156. The average Bonchev–Trinajstić information content (AvgIpc) is 2.73. The fourth-order valence-corrected chi connectivity index (χ4v) is 4.05. The summed E-state index contributed by atoms with van der Waals surface area (Å²) in [4.78, 5) is 14.6. The number of rotatable bonds is 2. The van der Waals surface area contributed by atoms with Crippen LogP contribution < -0.4 is 0 Å². The number of carbonyl (C=O) groups is 1. The fraction of sp³-hybridized carbons (Fsp3) is 0.182. The average molecular weight is 336 g/mol. The minimum atomic E-state index is 0.0156. The van der Waals surface area contributed by atoms with Gasteiger partial charge in [-0.05, 0) is 46.8 Å². The van der Waals surface area contributed by atoms with Gasteiger partial charge in [-0.3, -0.25) is 4.79 Å². The van der Waals surface area contributed by atoms with Crippen LogP contribution >= 0.6 is 50.2 Å². The van der Waals surface area contributed by atoms with Gasteiger partial charge in [0.15, 0.2) is 0 Å². The van der Waals surface area contributed by atoms with Gasteiger partial charge < -0.3 is 0 Å². The van der Waals surface area contributed by atoms with Crippen molar-refractivity contribution in [1.82, 2.24) is 0 Å². The van der Waals surface area contributed by atoms with Gasteiger partial charge in [-0.15, -0.1) is 22.7 Å². The summed E-state index contributed by atoms with van der Waals surface area (Å²) in [6.45, 7) is 3.89. The zero-order chi connectivity index (χ0) is 11.9. The van der Waals surface area contributed by atoms with Crippen molar-refractivity contribution >= 4 is 56.0 Å². The van der Waals surface area contributed by atoms with E-state index >= 15 is 0 Å². The first-order valence-corrected chi connectivity index (χ1v) is 7.41. The molecule has 0 aliphatic rings. The Labute approximate surface area is 115 Å². The van der Waals surface area contributed by atoms with Gasteiger partial charge in [0, 0.05) is 9.35 Å². The lowest BCUT2D eigenvalue weighted by Gasteiger charge is -1.94. The van der Waals surface area contributed by atoms with E-state index < -0.39 is 0 Å². The number of hydrogen-bond donors (Lipinski definition) is 0. The maximum atomic E-state index is 12.2. The van der Waals surface area contributed by atoms with E-state index in [4.69, 9.17) is 11.6 Å². The maximum absolute atomic E-state index is 12.2. The molecule has 0 aromatic carbocycles. The predicted octanol–water partition coefficient (Wildman–Crippen LogP) is 5.07. The topological polar surface area (TPSA) is 17.1 Å². The second-order valence-corrected chi connectivity index (χ2v) is 6.77. The quantitative estimate of drug-likeness (QED) is 0.700. The summed E-state index contributed by atoms with van der Waals surface area (Å²) in [5, 5.41) is 2.49. The highest BCUT2D eigenvalue weighted by atomic mass is 79.9. The second-order valence-electron chi connectivity index (χ2n) is 3.41. The molecule has 0 fully saturated rings. The summed E-state index contributed by atoms with van der Waals surface area (Å²) in [5.41, 5.74) is 0.961. The predicted molar refractivity (Wildman–Crippen MR) is 74.3 cm³/mol. The van der Waals surface area contributed by atoms with Crippen molar-refractivity contribution in [3.05, 3.63) is 41.1 Å². The summed E-state index contributed by atoms with van der Waals surface area (Å²) < 4.78 is 0.977. The first-order valence-electron chi connectivity index (χ1n) is 4.55. The van der Waals surface area contributed by atoms with Crippen molar-refractivity contribution in [2.45, 2.75) is 13.8 Å². The zero-order valence-electron chi connectivity index (χ0n) is 8.64. The third-order valence-corrected chi connectivity index (χ3v) is 6.02.